The van der Waals surface area contributed by atoms with Crippen molar-refractivity contribution in [2.45, 2.75) is 6.92 Å². The van der Waals surface area contributed by atoms with Crippen LogP contribution in [-0.2, 0) is 4.79 Å². The summed E-state index contributed by atoms with van der Waals surface area (Å²) in [4.78, 5) is 16.7. The third-order valence-corrected chi connectivity index (χ3v) is 2.42. The highest BCUT2D eigenvalue weighted by Crippen LogP contribution is 2.26. The first-order valence-electron chi connectivity index (χ1n) is 5.45. The molecule has 0 bridgehead atoms. The molecule has 1 amide bonds. The Hall–Kier alpha value is -2.50. The van der Waals surface area contributed by atoms with Crippen LogP contribution in [-0.4, -0.2) is 10.9 Å². The van der Waals surface area contributed by atoms with Gasteiger partial charge in [0.25, 0.3) is 0 Å². The fraction of sp³-hybridized carbons (Fsp3) is 0.0769. The van der Waals surface area contributed by atoms with Crippen molar-refractivity contribution in [3.05, 3.63) is 48.2 Å². The van der Waals surface area contributed by atoms with Gasteiger partial charge in [-0.3, -0.25) is 9.69 Å². The molecule has 0 atom stereocenters. The maximum atomic E-state index is 13.2. The van der Waals surface area contributed by atoms with E-state index in [1.807, 2.05) is 0 Å². The van der Waals surface area contributed by atoms with Gasteiger partial charge in [0.05, 0.1) is 5.69 Å². The number of pyridine rings is 1. The fourth-order valence-corrected chi connectivity index (χ4v) is 1.70. The Morgan fingerprint density at radius 3 is 2.37 bits per heavy atom. The van der Waals surface area contributed by atoms with Crippen LogP contribution >= 0.6 is 0 Å². The van der Waals surface area contributed by atoms with E-state index in [9.17, 15) is 13.6 Å². The molecular weight excluding hydrogens is 252 g/mol. The Morgan fingerprint density at radius 2 is 1.84 bits per heavy atom. The molecule has 1 aromatic carbocycles. The van der Waals surface area contributed by atoms with Crippen molar-refractivity contribution in [1.82, 2.24) is 4.98 Å². The van der Waals surface area contributed by atoms with Gasteiger partial charge in [-0.1, -0.05) is 0 Å². The third-order valence-electron chi connectivity index (χ3n) is 2.42. The number of nitrogen functional groups attached to an aromatic ring is 1. The summed E-state index contributed by atoms with van der Waals surface area (Å²) in [6.07, 6.45) is 1.41. The lowest BCUT2D eigenvalue weighted by Crippen LogP contribution is -2.24. The van der Waals surface area contributed by atoms with Gasteiger partial charge in [-0.2, -0.15) is 0 Å². The van der Waals surface area contributed by atoms with Crippen molar-refractivity contribution in [2.75, 3.05) is 10.6 Å². The molecule has 6 heteroatoms. The van der Waals surface area contributed by atoms with Gasteiger partial charge in [-0.05, 0) is 18.2 Å². The largest absolute Gasteiger partial charge is 0.399 e. The minimum Gasteiger partial charge on any atom is -0.399 e. The minimum absolute atomic E-state index is 0.0584. The zero-order chi connectivity index (χ0) is 14.0. The topological polar surface area (TPSA) is 59.2 Å². The van der Waals surface area contributed by atoms with Crippen molar-refractivity contribution in [1.29, 1.82) is 0 Å². The second kappa shape index (κ2) is 5.01. The van der Waals surface area contributed by atoms with E-state index in [0.717, 1.165) is 23.1 Å². The van der Waals surface area contributed by atoms with Crippen molar-refractivity contribution in [3.63, 3.8) is 0 Å². The molecule has 1 heterocycles. The van der Waals surface area contributed by atoms with E-state index < -0.39 is 17.5 Å². The van der Waals surface area contributed by atoms with E-state index in [1.165, 1.54) is 19.2 Å². The Bertz CT molecular complexity index is 611. The lowest BCUT2D eigenvalue weighted by atomic mass is 10.2. The molecule has 0 radical (unpaired) electrons. The molecule has 0 fully saturated rings. The first-order chi connectivity index (χ1) is 8.97. The summed E-state index contributed by atoms with van der Waals surface area (Å²) >= 11 is 0. The van der Waals surface area contributed by atoms with Crippen LogP contribution in [0.25, 0.3) is 0 Å². The van der Waals surface area contributed by atoms with E-state index in [4.69, 9.17) is 5.73 Å². The first-order valence-corrected chi connectivity index (χ1v) is 5.45. The lowest BCUT2D eigenvalue weighted by Gasteiger charge is -2.20. The van der Waals surface area contributed by atoms with Gasteiger partial charge in [0, 0.05) is 30.9 Å². The number of hydrogen-bond donors (Lipinski definition) is 1. The number of anilines is 3. The Morgan fingerprint density at radius 1 is 1.21 bits per heavy atom. The molecule has 0 unspecified atom stereocenters. The highest BCUT2D eigenvalue weighted by atomic mass is 19.1. The Kier molecular flexibility index (Phi) is 3.41. The predicted octanol–water partition coefficient (Wildman–Crippen LogP) is 2.63. The summed E-state index contributed by atoms with van der Waals surface area (Å²) in [5.74, 6) is -1.77. The molecule has 4 nitrogen and oxygen atoms in total. The van der Waals surface area contributed by atoms with Gasteiger partial charge in [0.1, 0.15) is 17.5 Å². The monoisotopic (exact) mass is 263 g/mol. The van der Waals surface area contributed by atoms with E-state index >= 15 is 0 Å². The quantitative estimate of drug-likeness (QED) is 0.906. The van der Waals surface area contributed by atoms with Gasteiger partial charge in [0.15, 0.2) is 0 Å². The molecule has 0 aliphatic carbocycles. The summed E-state index contributed by atoms with van der Waals surface area (Å²) in [6, 6.07) is 5.83. The van der Waals surface area contributed by atoms with Crippen molar-refractivity contribution in [2.24, 2.45) is 0 Å². The van der Waals surface area contributed by atoms with Gasteiger partial charge in [0.2, 0.25) is 5.91 Å². The highest BCUT2D eigenvalue weighted by molar-refractivity contribution is 5.98. The average molecular weight is 263 g/mol. The summed E-state index contributed by atoms with van der Waals surface area (Å²) < 4.78 is 26.4. The molecule has 2 aromatic rings. The second-order valence-corrected chi connectivity index (χ2v) is 3.93. The number of nitrogens with zero attached hydrogens (tertiary/aromatic N) is 2. The van der Waals surface area contributed by atoms with Crippen LogP contribution in [0.2, 0.25) is 0 Å². The van der Waals surface area contributed by atoms with E-state index in [0.29, 0.717) is 5.69 Å². The zero-order valence-corrected chi connectivity index (χ0v) is 10.1. The molecule has 2 N–H and O–H groups in total. The summed E-state index contributed by atoms with van der Waals surface area (Å²) in [7, 11) is 0. The predicted molar refractivity (Wildman–Crippen MR) is 67.8 cm³/mol. The standard InChI is InChI=1S/C13H11F2N3O/c1-8(19)18(13-7-11(16)2-3-17-13)12-5-9(14)4-10(15)6-12/h2-7H,1H3,(H2,16,17). The van der Waals surface area contributed by atoms with E-state index in [2.05, 4.69) is 4.98 Å². The number of benzene rings is 1. The smallest absolute Gasteiger partial charge is 0.229 e. The molecule has 19 heavy (non-hydrogen) atoms. The number of halogens is 2. The maximum absolute atomic E-state index is 13.2. The van der Waals surface area contributed by atoms with Gasteiger partial charge in [-0.15, -0.1) is 0 Å². The van der Waals surface area contributed by atoms with Crippen molar-refractivity contribution >= 4 is 23.1 Å². The molecular formula is C13H11F2N3O. The summed E-state index contributed by atoms with van der Waals surface area (Å²) in [6.45, 7) is 1.27. The number of aromatic nitrogens is 1. The normalized spacial score (nSPS) is 10.3. The molecule has 0 saturated carbocycles. The van der Waals surface area contributed by atoms with Gasteiger partial charge >= 0.3 is 0 Å². The molecule has 1 aromatic heterocycles. The highest BCUT2D eigenvalue weighted by Gasteiger charge is 2.17. The lowest BCUT2D eigenvalue weighted by molar-refractivity contribution is -0.115. The number of carbonyl (C=O) groups is 1. The van der Waals surface area contributed by atoms with Crippen molar-refractivity contribution < 1.29 is 13.6 Å². The van der Waals surface area contributed by atoms with E-state index in [-0.39, 0.29) is 11.5 Å². The minimum atomic E-state index is -0.773. The van der Waals surface area contributed by atoms with Crippen LogP contribution < -0.4 is 10.6 Å². The molecule has 0 spiro atoms. The van der Waals surface area contributed by atoms with Crippen LogP contribution in [0, 0.1) is 11.6 Å². The second-order valence-electron chi connectivity index (χ2n) is 3.93. The van der Waals surface area contributed by atoms with Crippen LogP contribution in [0.1, 0.15) is 6.92 Å². The maximum Gasteiger partial charge on any atom is 0.229 e. The molecule has 2 rings (SSSR count). The molecule has 0 aliphatic rings. The molecule has 0 aliphatic heterocycles. The van der Waals surface area contributed by atoms with E-state index in [1.54, 1.807) is 6.07 Å². The van der Waals surface area contributed by atoms with Gasteiger partial charge in [-0.25, -0.2) is 13.8 Å². The third kappa shape index (κ3) is 2.85. The van der Waals surface area contributed by atoms with Crippen molar-refractivity contribution in [3.8, 4) is 0 Å². The Labute approximate surface area is 108 Å². The number of amides is 1. The zero-order valence-electron chi connectivity index (χ0n) is 10.1. The van der Waals surface area contributed by atoms with Crippen LogP contribution in [0.5, 0.6) is 0 Å². The number of hydrogen-bond acceptors (Lipinski definition) is 3. The number of carbonyl (C=O) groups excluding carboxylic acids is 1. The van der Waals surface area contributed by atoms with Crippen LogP contribution in [0.3, 0.4) is 0 Å². The molecule has 98 valence electrons. The van der Waals surface area contributed by atoms with Crippen LogP contribution in [0.4, 0.5) is 26.0 Å². The summed E-state index contributed by atoms with van der Waals surface area (Å²) in [5.41, 5.74) is 6.06. The Balaban J connectivity index is 2.54. The molecule has 0 saturated heterocycles. The SMILES string of the molecule is CC(=O)N(c1cc(F)cc(F)c1)c1cc(N)ccn1. The fourth-order valence-electron chi connectivity index (χ4n) is 1.70. The van der Waals surface area contributed by atoms with Crippen LogP contribution in [0.15, 0.2) is 36.5 Å². The number of nitrogens with two attached hydrogens (primary N) is 1. The number of rotatable bonds is 2. The summed E-state index contributed by atoms with van der Waals surface area (Å²) in [5, 5.41) is 0. The first kappa shape index (κ1) is 12.9. The average Bonchev–Trinajstić information content (AvgIpc) is 2.27. The van der Waals surface area contributed by atoms with Gasteiger partial charge < -0.3 is 5.73 Å².